The third-order valence-corrected chi connectivity index (χ3v) is 5.83. The van der Waals surface area contributed by atoms with Gasteiger partial charge in [0.2, 0.25) is 0 Å². The summed E-state index contributed by atoms with van der Waals surface area (Å²) in [6, 6.07) is 12.7. The number of rotatable bonds is 4. The van der Waals surface area contributed by atoms with Gasteiger partial charge in [0, 0.05) is 11.9 Å². The van der Waals surface area contributed by atoms with Crippen molar-refractivity contribution in [2.24, 2.45) is 0 Å². The molecule has 0 fully saturated rings. The Morgan fingerprint density at radius 1 is 0.952 bits per heavy atom. The van der Waals surface area contributed by atoms with Crippen molar-refractivity contribution >= 4 is 27.5 Å². The molecule has 21 heavy (non-hydrogen) atoms. The number of aryl methyl sites for hydroxylation is 2. The van der Waals surface area contributed by atoms with Gasteiger partial charge >= 0.3 is 0 Å². The fraction of sp³-hybridized carbons (Fsp3) is 0.250. The topological polar surface area (TPSA) is 37.4 Å². The number of hydrogen-bond donors (Lipinski definition) is 0. The van der Waals surface area contributed by atoms with Crippen LogP contribution in [0.4, 0.5) is 5.69 Å². The SMILES string of the molecule is CSc1ccc(S(=O)(=O)N(C)c2cc(C)cc(C)c2)cc1. The summed E-state index contributed by atoms with van der Waals surface area (Å²) in [6.45, 7) is 3.93. The Labute approximate surface area is 131 Å². The zero-order valence-corrected chi connectivity index (χ0v) is 14.3. The van der Waals surface area contributed by atoms with Crippen LogP contribution in [0, 0.1) is 13.8 Å². The first-order valence-corrected chi connectivity index (χ1v) is 9.22. The molecule has 2 rings (SSSR count). The Morgan fingerprint density at radius 3 is 1.95 bits per heavy atom. The van der Waals surface area contributed by atoms with E-state index >= 15 is 0 Å². The van der Waals surface area contributed by atoms with Crippen molar-refractivity contribution in [2.45, 2.75) is 23.6 Å². The van der Waals surface area contributed by atoms with Crippen LogP contribution in [0.25, 0.3) is 0 Å². The number of benzene rings is 2. The van der Waals surface area contributed by atoms with E-state index < -0.39 is 10.0 Å². The van der Waals surface area contributed by atoms with Crippen molar-refractivity contribution in [3.63, 3.8) is 0 Å². The van der Waals surface area contributed by atoms with Crippen LogP contribution in [-0.2, 0) is 10.0 Å². The van der Waals surface area contributed by atoms with Gasteiger partial charge in [-0.2, -0.15) is 0 Å². The van der Waals surface area contributed by atoms with E-state index in [1.165, 1.54) is 4.31 Å². The van der Waals surface area contributed by atoms with Gasteiger partial charge < -0.3 is 0 Å². The predicted octanol–water partition coefficient (Wildman–Crippen LogP) is 3.85. The van der Waals surface area contributed by atoms with Crippen molar-refractivity contribution in [1.29, 1.82) is 0 Å². The molecule has 0 unspecified atom stereocenters. The molecule has 3 nitrogen and oxygen atoms in total. The summed E-state index contributed by atoms with van der Waals surface area (Å²) in [5.74, 6) is 0. The lowest BCUT2D eigenvalue weighted by Gasteiger charge is -2.20. The Kier molecular flexibility index (Phi) is 4.64. The van der Waals surface area contributed by atoms with Crippen LogP contribution < -0.4 is 4.31 Å². The lowest BCUT2D eigenvalue weighted by Crippen LogP contribution is -2.26. The van der Waals surface area contributed by atoms with Gasteiger partial charge in [-0.15, -0.1) is 11.8 Å². The number of nitrogens with zero attached hydrogens (tertiary/aromatic N) is 1. The third-order valence-electron chi connectivity index (χ3n) is 3.29. The summed E-state index contributed by atoms with van der Waals surface area (Å²) in [7, 11) is -1.94. The molecule has 0 saturated heterocycles. The summed E-state index contributed by atoms with van der Waals surface area (Å²) in [4.78, 5) is 1.35. The van der Waals surface area contributed by atoms with Crippen LogP contribution in [0.1, 0.15) is 11.1 Å². The summed E-state index contributed by atoms with van der Waals surface area (Å²) >= 11 is 1.59. The fourth-order valence-electron chi connectivity index (χ4n) is 2.18. The lowest BCUT2D eigenvalue weighted by molar-refractivity contribution is 0.594. The Bertz CT molecular complexity index is 717. The number of thioether (sulfide) groups is 1. The van der Waals surface area contributed by atoms with Crippen LogP contribution in [0.3, 0.4) is 0 Å². The van der Waals surface area contributed by atoms with Crippen molar-refractivity contribution < 1.29 is 8.42 Å². The maximum Gasteiger partial charge on any atom is 0.264 e. The molecule has 112 valence electrons. The van der Waals surface area contributed by atoms with Gasteiger partial charge in [0.15, 0.2) is 0 Å². The zero-order chi connectivity index (χ0) is 15.6. The molecule has 0 aliphatic heterocycles. The normalized spacial score (nSPS) is 11.4. The van der Waals surface area contributed by atoms with Crippen LogP contribution in [-0.4, -0.2) is 21.7 Å². The first-order chi connectivity index (χ1) is 9.84. The molecular weight excluding hydrogens is 302 g/mol. The van der Waals surface area contributed by atoms with Gasteiger partial charge in [-0.25, -0.2) is 8.42 Å². The predicted molar refractivity (Wildman–Crippen MR) is 89.7 cm³/mol. The second kappa shape index (κ2) is 6.12. The van der Waals surface area contributed by atoms with E-state index in [9.17, 15) is 8.42 Å². The zero-order valence-electron chi connectivity index (χ0n) is 12.6. The first-order valence-electron chi connectivity index (χ1n) is 6.56. The maximum absolute atomic E-state index is 12.7. The maximum atomic E-state index is 12.7. The second-order valence-corrected chi connectivity index (χ2v) is 7.84. The molecule has 2 aromatic carbocycles. The molecule has 0 atom stereocenters. The number of sulfonamides is 1. The third kappa shape index (κ3) is 3.41. The Balaban J connectivity index is 2.41. The minimum absolute atomic E-state index is 0.307. The Hall–Kier alpha value is -1.46. The monoisotopic (exact) mass is 321 g/mol. The van der Waals surface area contributed by atoms with Gasteiger partial charge in [-0.1, -0.05) is 6.07 Å². The minimum atomic E-state index is -3.53. The van der Waals surface area contributed by atoms with E-state index in [0.717, 1.165) is 16.0 Å². The van der Waals surface area contributed by atoms with Gasteiger partial charge in [0.1, 0.15) is 0 Å². The van der Waals surface area contributed by atoms with Crippen molar-refractivity contribution in [2.75, 3.05) is 17.6 Å². The van der Waals surface area contributed by atoms with Gasteiger partial charge in [0.05, 0.1) is 10.6 Å². The average Bonchev–Trinajstić information content (AvgIpc) is 2.45. The second-order valence-electron chi connectivity index (χ2n) is 4.99. The van der Waals surface area contributed by atoms with Gasteiger partial charge in [-0.3, -0.25) is 4.31 Å². The average molecular weight is 321 g/mol. The molecule has 0 spiro atoms. The summed E-state index contributed by atoms with van der Waals surface area (Å²) in [6.07, 6.45) is 1.96. The highest BCUT2D eigenvalue weighted by Crippen LogP contribution is 2.25. The van der Waals surface area contributed by atoms with E-state index in [1.807, 2.05) is 50.4 Å². The lowest BCUT2D eigenvalue weighted by atomic mass is 10.1. The molecule has 2 aromatic rings. The van der Waals surface area contributed by atoms with E-state index in [2.05, 4.69) is 0 Å². The first kappa shape index (κ1) is 15.9. The molecule has 0 saturated carbocycles. The quantitative estimate of drug-likeness (QED) is 0.803. The number of hydrogen-bond acceptors (Lipinski definition) is 3. The summed E-state index contributed by atoms with van der Waals surface area (Å²) < 4.78 is 26.7. The molecule has 0 amide bonds. The van der Waals surface area contributed by atoms with E-state index in [1.54, 1.807) is 30.9 Å². The highest BCUT2D eigenvalue weighted by atomic mass is 32.2. The fourth-order valence-corrected chi connectivity index (χ4v) is 3.76. The molecule has 0 radical (unpaired) electrons. The molecule has 5 heteroatoms. The van der Waals surface area contributed by atoms with E-state index in [0.29, 0.717) is 10.6 Å². The minimum Gasteiger partial charge on any atom is -0.269 e. The molecule has 0 aliphatic rings. The van der Waals surface area contributed by atoms with Crippen molar-refractivity contribution in [3.05, 3.63) is 53.6 Å². The van der Waals surface area contributed by atoms with Crippen LogP contribution in [0.15, 0.2) is 52.3 Å². The molecule has 0 heterocycles. The van der Waals surface area contributed by atoms with Crippen LogP contribution in [0.5, 0.6) is 0 Å². The van der Waals surface area contributed by atoms with Gasteiger partial charge in [0.25, 0.3) is 10.0 Å². The van der Waals surface area contributed by atoms with E-state index in [-0.39, 0.29) is 0 Å². The summed E-state index contributed by atoms with van der Waals surface area (Å²) in [5, 5.41) is 0. The molecule has 0 N–H and O–H groups in total. The van der Waals surface area contributed by atoms with Crippen LogP contribution in [0.2, 0.25) is 0 Å². The smallest absolute Gasteiger partial charge is 0.264 e. The molecule has 0 bridgehead atoms. The van der Waals surface area contributed by atoms with Crippen LogP contribution >= 0.6 is 11.8 Å². The summed E-state index contributed by atoms with van der Waals surface area (Å²) in [5.41, 5.74) is 2.77. The van der Waals surface area contributed by atoms with Crippen molar-refractivity contribution in [1.82, 2.24) is 0 Å². The largest absolute Gasteiger partial charge is 0.269 e. The standard InChI is InChI=1S/C16H19NO2S2/c1-12-9-13(2)11-14(10-12)17(3)21(18,19)16-7-5-15(20-4)6-8-16/h5-11H,1-4H3. The highest BCUT2D eigenvalue weighted by Gasteiger charge is 2.21. The van der Waals surface area contributed by atoms with Gasteiger partial charge in [-0.05, 0) is 67.6 Å². The molecule has 0 aliphatic carbocycles. The molecule has 0 aromatic heterocycles. The number of anilines is 1. The highest BCUT2D eigenvalue weighted by molar-refractivity contribution is 7.98. The molecular formula is C16H19NO2S2. The van der Waals surface area contributed by atoms with Crippen molar-refractivity contribution in [3.8, 4) is 0 Å². The Morgan fingerprint density at radius 2 is 1.48 bits per heavy atom. The van der Waals surface area contributed by atoms with E-state index in [4.69, 9.17) is 0 Å².